The summed E-state index contributed by atoms with van der Waals surface area (Å²) in [4.78, 5) is 22.2. The van der Waals surface area contributed by atoms with Crippen molar-refractivity contribution in [2.45, 2.75) is 13.3 Å². The largest absolute Gasteiger partial charge is 0.333 e. The van der Waals surface area contributed by atoms with E-state index in [1.807, 2.05) is 0 Å². The normalized spacial score (nSPS) is 10.6. The number of nitrogens with zero attached hydrogens (tertiary/aromatic N) is 3. The number of allylic oxidation sites excluding steroid dienone is 1. The summed E-state index contributed by atoms with van der Waals surface area (Å²) in [6, 6.07) is 0. The van der Waals surface area contributed by atoms with Crippen molar-refractivity contribution in [2.75, 3.05) is 0 Å². The number of aromatic nitrogens is 4. The molecule has 2 aromatic rings. The summed E-state index contributed by atoms with van der Waals surface area (Å²) in [7, 11) is 0. The quantitative estimate of drug-likeness (QED) is 0.699. The van der Waals surface area contributed by atoms with Crippen molar-refractivity contribution in [1.29, 1.82) is 0 Å². The molecule has 0 aliphatic rings. The molecule has 0 aliphatic heterocycles. The van der Waals surface area contributed by atoms with E-state index in [0.29, 0.717) is 17.9 Å². The molecule has 0 bridgehead atoms. The highest BCUT2D eigenvalue weighted by atomic mass is 16.1. The third kappa shape index (κ3) is 1.14. The summed E-state index contributed by atoms with van der Waals surface area (Å²) >= 11 is 0. The van der Waals surface area contributed by atoms with Crippen LogP contribution in [0.5, 0.6) is 0 Å². The molecule has 5 heteroatoms. The molecular weight excluding hydrogens is 180 g/mol. The van der Waals surface area contributed by atoms with Crippen molar-refractivity contribution in [3.05, 3.63) is 41.0 Å². The van der Waals surface area contributed by atoms with Gasteiger partial charge < -0.3 is 0 Å². The van der Waals surface area contributed by atoms with Crippen LogP contribution in [0, 0.1) is 6.92 Å². The molecule has 0 unspecified atom stereocenters. The zero-order chi connectivity index (χ0) is 10.1. The number of aryl methyl sites for hydroxylation is 1. The molecule has 2 rings (SSSR count). The molecule has 0 spiro atoms. The summed E-state index contributed by atoms with van der Waals surface area (Å²) in [6.07, 6.45) is 3.74. The summed E-state index contributed by atoms with van der Waals surface area (Å²) < 4.78 is 1.46. The fourth-order valence-corrected chi connectivity index (χ4v) is 1.44. The summed E-state index contributed by atoms with van der Waals surface area (Å²) in [5.74, 6) is 0.645. The van der Waals surface area contributed by atoms with E-state index in [9.17, 15) is 4.79 Å². The van der Waals surface area contributed by atoms with Gasteiger partial charge in [-0.2, -0.15) is 0 Å². The van der Waals surface area contributed by atoms with Crippen LogP contribution in [0.2, 0.25) is 0 Å². The lowest BCUT2D eigenvalue weighted by atomic mass is 10.3. The Balaban J connectivity index is 2.83. The van der Waals surface area contributed by atoms with Gasteiger partial charge in [-0.05, 0) is 6.92 Å². The highest BCUT2D eigenvalue weighted by Gasteiger charge is 2.09. The molecule has 5 nitrogen and oxygen atoms in total. The molecular formula is C9H10N4O. The van der Waals surface area contributed by atoms with Crippen molar-refractivity contribution >= 4 is 5.65 Å². The van der Waals surface area contributed by atoms with Gasteiger partial charge in [-0.3, -0.25) is 4.98 Å². The van der Waals surface area contributed by atoms with Gasteiger partial charge in [0.15, 0.2) is 5.65 Å². The first-order valence-electron chi connectivity index (χ1n) is 4.26. The first kappa shape index (κ1) is 8.68. The standard InChI is InChI=1S/C9H10N4O/c1-3-4-7-8-10-5-11-9(14)13(8)6(2)12-7/h3,5H,1,4H2,2H3,(H,10,11,14). The number of hydrogen-bond acceptors (Lipinski definition) is 3. The number of H-pyrrole nitrogens is 1. The number of imidazole rings is 1. The molecule has 0 saturated carbocycles. The van der Waals surface area contributed by atoms with E-state index in [1.165, 1.54) is 10.7 Å². The maximum atomic E-state index is 11.4. The minimum absolute atomic E-state index is 0.213. The molecule has 0 saturated heterocycles. The minimum atomic E-state index is -0.213. The number of nitrogens with one attached hydrogen (secondary N) is 1. The van der Waals surface area contributed by atoms with E-state index in [4.69, 9.17) is 0 Å². The maximum absolute atomic E-state index is 11.4. The van der Waals surface area contributed by atoms with E-state index in [2.05, 4.69) is 21.5 Å². The number of fused-ring (bicyclic) bond motifs is 1. The summed E-state index contributed by atoms with van der Waals surface area (Å²) in [6.45, 7) is 5.41. The Labute approximate surface area is 80.1 Å². The van der Waals surface area contributed by atoms with Crippen molar-refractivity contribution in [3.8, 4) is 0 Å². The van der Waals surface area contributed by atoms with Crippen molar-refractivity contribution in [2.24, 2.45) is 0 Å². The van der Waals surface area contributed by atoms with E-state index in [1.54, 1.807) is 13.0 Å². The predicted octanol–water partition coefficient (Wildman–Crippen LogP) is 0.455. The molecule has 1 N–H and O–H groups in total. The Morgan fingerprint density at radius 3 is 3.21 bits per heavy atom. The van der Waals surface area contributed by atoms with Crippen LogP contribution in [0.3, 0.4) is 0 Å². The lowest BCUT2D eigenvalue weighted by Crippen LogP contribution is -2.17. The molecule has 0 aliphatic carbocycles. The van der Waals surface area contributed by atoms with E-state index < -0.39 is 0 Å². The van der Waals surface area contributed by atoms with Crippen molar-refractivity contribution in [1.82, 2.24) is 19.4 Å². The molecule has 2 aromatic heterocycles. The molecule has 0 atom stereocenters. The topological polar surface area (TPSA) is 63.1 Å². The smallest absolute Gasteiger partial charge is 0.298 e. The molecule has 0 amide bonds. The molecule has 14 heavy (non-hydrogen) atoms. The lowest BCUT2D eigenvalue weighted by molar-refractivity contribution is 0.908. The Morgan fingerprint density at radius 2 is 2.50 bits per heavy atom. The number of rotatable bonds is 2. The van der Waals surface area contributed by atoms with Gasteiger partial charge in [-0.1, -0.05) is 6.08 Å². The first-order valence-corrected chi connectivity index (χ1v) is 4.26. The van der Waals surface area contributed by atoms with Crippen LogP contribution >= 0.6 is 0 Å². The van der Waals surface area contributed by atoms with Gasteiger partial charge in [0.25, 0.3) is 0 Å². The van der Waals surface area contributed by atoms with Gasteiger partial charge in [0.1, 0.15) is 5.82 Å². The van der Waals surface area contributed by atoms with Crippen molar-refractivity contribution in [3.63, 3.8) is 0 Å². The Morgan fingerprint density at radius 1 is 1.71 bits per heavy atom. The van der Waals surface area contributed by atoms with Crippen LogP contribution in [0.4, 0.5) is 0 Å². The molecule has 0 fully saturated rings. The van der Waals surface area contributed by atoms with E-state index in [-0.39, 0.29) is 5.69 Å². The molecule has 0 aromatic carbocycles. The Hall–Kier alpha value is -1.91. The Bertz CT molecular complexity index is 537. The molecule has 72 valence electrons. The highest BCUT2D eigenvalue weighted by Crippen LogP contribution is 2.07. The second-order valence-corrected chi connectivity index (χ2v) is 2.97. The van der Waals surface area contributed by atoms with Crippen LogP contribution in [-0.4, -0.2) is 19.4 Å². The van der Waals surface area contributed by atoms with Crippen molar-refractivity contribution < 1.29 is 0 Å². The zero-order valence-electron chi connectivity index (χ0n) is 7.82. The molecule has 0 radical (unpaired) electrons. The van der Waals surface area contributed by atoms with Gasteiger partial charge in [-0.15, -0.1) is 6.58 Å². The van der Waals surface area contributed by atoms with Gasteiger partial charge in [0.05, 0.1) is 12.0 Å². The van der Waals surface area contributed by atoms with Gasteiger partial charge in [0.2, 0.25) is 0 Å². The van der Waals surface area contributed by atoms with Crippen LogP contribution < -0.4 is 5.69 Å². The number of aromatic amines is 1. The third-order valence-electron chi connectivity index (χ3n) is 2.01. The zero-order valence-corrected chi connectivity index (χ0v) is 7.82. The minimum Gasteiger partial charge on any atom is -0.298 e. The summed E-state index contributed by atoms with van der Waals surface area (Å²) in [5, 5.41) is 0. The Kier molecular flexibility index (Phi) is 1.92. The second kappa shape index (κ2) is 3.10. The first-order chi connectivity index (χ1) is 6.74. The highest BCUT2D eigenvalue weighted by molar-refractivity contribution is 5.45. The second-order valence-electron chi connectivity index (χ2n) is 2.97. The van der Waals surface area contributed by atoms with Crippen LogP contribution in [-0.2, 0) is 6.42 Å². The van der Waals surface area contributed by atoms with E-state index in [0.717, 1.165) is 5.69 Å². The van der Waals surface area contributed by atoms with Crippen LogP contribution in [0.25, 0.3) is 5.65 Å². The monoisotopic (exact) mass is 190 g/mol. The van der Waals surface area contributed by atoms with Gasteiger partial charge >= 0.3 is 5.69 Å². The van der Waals surface area contributed by atoms with Crippen LogP contribution in [0.1, 0.15) is 11.5 Å². The number of hydrogen-bond donors (Lipinski definition) is 1. The molecule has 2 heterocycles. The SMILES string of the molecule is C=CCc1nc(C)n2c(=O)[nH]cnc12. The maximum Gasteiger partial charge on any atom is 0.333 e. The fourth-order valence-electron chi connectivity index (χ4n) is 1.44. The van der Waals surface area contributed by atoms with E-state index >= 15 is 0 Å². The lowest BCUT2D eigenvalue weighted by Gasteiger charge is -1.92. The third-order valence-corrected chi connectivity index (χ3v) is 2.01. The average molecular weight is 190 g/mol. The fraction of sp³-hybridized carbons (Fsp3) is 0.222. The average Bonchev–Trinajstić information content (AvgIpc) is 2.46. The predicted molar refractivity (Wildman–Crippen MR) is 52.2 cm³/mol. The summed E-state index contributed by atoms with van der Waals surface area (Å²) in [5.41, 5.74) is 1.17. The van der Waals surface area contributed by atoms with Gasteiger partial charge in [0, 0.05) is 6.42 Å². The van der Waals surface area contributed by atoms with Crippen LogP contribution in [0.15, 0.2) is 23.8 Å². The van der Waals surface area contributed by atoms with Gasteiger partial charge in [-0.25, -0.2) is 19.2 Å².